The van der Waals surface area contributed by atoms with Gasteiger partial charge in [0, 0.05) is 18.8 Å². The minimum atomic E-state index is -0.526. The fourth-order valence-electron chi connectivity index (χ4n) is 8.30. The number of Topliss-reactive ketones (excluding diaryl/α,β-unsaturated/α-hetero) is 1. The molecule has 4 saturated carbocycles. The zero-order chi connectivity index (χ0) is 19.2. The van der Waals surface area contributed by atoms with Crippen LogP contribution in [-0.4, -0.2) is 23.8 Å². The highest BCUT2D eigenvalue weighted by molar-refractivity contribution is 5.79. The van der Waals surface area contributed by atoms with Gasteiger partial charge in [0.15, 0.2) is 5.79 Å². The van der Waals surface area contributed by atoms with Crippen LogP contribution in [0.2, 0.25) is 0 Å². The first-order chi connectivity index (χ1) is 12.7. The lowest BCUT2D eigenvalue weighted by Crippen LogP contribution is -2.62. The second kappa shape index (κ2) is 5.69. The van der Waals surface area contributed by atoms with Crippen molar-refractivity contribution in [3.8, 4) is 0 Å². The van der Waals surface area contributed by atoms with E-state index in [1.807, 2.05) is 0 Å². The lowest BCUT2D eigenvalue weighted by Gasteiger charge is -2.62. The van der Waals surface area contributed by atoms with Gasteiger partial charge in [-0.05, 0) is 81.5 Å². The van der Waals surface area contributed by atoms with Crippen molar-refractivity contribution in [2.75, 3.05) is 0 Å². The number of rotatable bonds is 0. The fourth-order valence-corrected chi connectivity index (χ4v) is 8.30. The number of allylic oxidation sites excluding steroid dienone is 2. The molecule has 1 aliphatic heterocycles. The summed E-state index contributed by atoms with van der Waals surface area (Å²) in [5.74, 6) is 2.18. The summed E-state index contributed by atoms with van der Waals surface area (Å²) in [6.07, 6.45) is 10.3. The maximum absolute atomic E-state index is 12.4. The number of carbonyl (C=O) groups is 1. The van der Waals surface area contributed by atoms with Gasteiger partial charge in [0.25, 0.3) is 0 Å². The molecule has 1 saturated heterocycles. The molecule has 0 amide bonds. The molecule has 5 rings (SSSR count). The topological polar surface area (TPSA) is 35.5 Å². The van der Waals surface area contributed by atoms with Crippen molar-refractivity contribution in [2.45, 2.75) is 97.6 Å². The van der Waals surface area contributed by atoms with Crippen LogP contribution >= 0.6 is 0 Å². The van der Waals surface area contributed by atoms with Crippen LogP contribution < -0.4 is 0 Å². The van der Waals surface area contributed by atoms with E-state index in [9.17, 15) is 4.79 Å². The highest BCUT2D eigenvalue weighted by Crippen LogP contribution is 2.69. The molecule has 0 radical (unpaired) electrons. The summed E-state index contributed by atoms with van der Waals surface area (Å²) < 4.78 is 13.2. The number of hydrogen-bond acceptors (Lipinski definition) is 3. The molecule has 0 N–H and O–H groups in total. The summed E-state index contributed by atoms with van der Waals surface area (Å²) in [6.45, 7) is 11.4. The van der Waals surface area contributed by atoms with Crippen molar-refractivity contribution in [1.29, 1.82) is 0 Å². The van der Waals surface area contributed by atoms with Crippen molar-refractivity contribution in [1.82, 2.24) is 0 Å². The predicted octanol–water partition coefficient (Wildman–Crippen LogP) is 5.28. The van der Waals surface area contributed by atoms with Gasteiger partial charge in [0.05, 0.1) is 12.2 Å². The lowest BCUT2D eigenvalue weighted by molar-refractivity contribution is -0.175. The van der Waals surface area contributed by atoms with Crippen LogP contribution in [0, 0.1) is 34.5 Å². The Bertz CT molecular complexity index is 694. The van der Waals surface area contributed by atoms with Crippen LogP contribution in [0.25, 0.3) is 0 Å². The third-order valence-electron chi connectivity index (χ3n) is 9.55. The van der Waals surface area contributed by atoms with Gasteiger partial charge in [-0.2, -0.15) is 0 Å². The molecule has 8 atom stereocenters. The van der Waals surface area contributed by atoms with E-state index in [0.29, 0.717) is 41.3 Å². The van der Waals surface area contributed by atoms with Crippen LogP contribution in [0.5, 0.6) is 0 Å². The van der Waals surface area contributed by atoms with Gasteiger partial charge in [0.1, 0.15) is 5.78 Å². The maximum atomic E-state index is 12.4. The summed E-state index contributed by atoms with van der Waals surface area (Å²) in [7, 11) is 0. The Kier molecular flexibility index (Phi) is 3.87. The Labute approximate surface area is 164 Å². The average molecular weight is 373 g/mol. The van der Waals surface area contributed by atoms with E-state index in [1.165, 1.54) is 25.7 Å². The average Bonchev–Trinajstić information content (AvgIpc) is 3.11. The van der Waals surface area contributed by atoms with Crippen molar-refractivity contribution in [2.24, 2.45) is 34.5 Å². The molecule has 0 aromatic rings. The lowest BCUT2D eigenvalue weighted by atomic mass is 9.43. The molecule has 1 heterocycles. The van der Waals surface area contributed by atoms with Crippen molar-refractivity contribution in [3.63, 3.8) is 0 Å². The van der Waals surface area contributed by atoms with Crippen LogP contribution in [0.4, 0.5) is 0 Å². The zero-order valence-corrected chi connectivity index (χ0v) is 17.7. The van der Waals surface area contributed by atoms with E-state index in [2.05, 4.69) is 40.7 Å². The minimum absolute atomic E-state index is 0.0903. The summed E-state index contributed by atoms with van der Waals surface area (Å²) in [4.78, 5) is 12.4. The third-order valence-corrected chi connectivity index (χ3v) is 9.55. The molecule has 3 nitrogen and oxygen atoms in total. The first-order valence-corrected chi connectivity index (χ1v) is 11.2. The Balaban J connectivity index is 1.60. The van der Waals surface area contributed by atoms with E-state index >= 15 is 0 Å². The highest BCUT2D eigenvalue weighted by Gasteiger charge is 2.67. The normalized spacial score (nSPS) is 55.0. The van der Waals surface area contributed by atoms with Crippen LogP contribution in [0.15, 0.2) is 11.6 Å². The van der Waals surface area contributed by atoms with E-state index in [1.54, 1.807) is 5.57 Å². The van der Waals surface area contributed by atoms with Crippen LogP contribution in [-0.2, 0) is 14.3 Å². The predicted molar refractivity (Wildman–Crippen MR) is 105 cm³/mol. The molecule has 5 aliphatic rings. The standard InChI is InChI=1S/C24H36O3/c1-6-14-7-8-16-19-17(10-12-23(14,16)4)24(5)11-9-15(25)13-18(24)20-21(19)27-22(2,3)26-20/h6,16-21H,7-13H2,1-5H3/b14-6-/t16?,17?,18?,19?,20-,21-,23-,24-/m1/s1. The monoisotopic (exact) mass is 372 g/mol. The fraction of sp³-hybridized carbons (Fsp3) is 0.875. The van der Waals surface area contributed by atoms with Gasteiger partial charge in [-0.1, -0.05) is 25.5 Å². The number of ether oxygens (including phenoxy) is 2. The number of hydrogen-bond donors (Lipinski definition) is 0. The van der Waals surface area contributed by atoms with Crippen molar-refractivity contribution >= 4 is 5.78 Å². The van der Waals surface area contributed by atoms with Crippen molar-refractivity contribution in [3.05, 3.63) is 11.6 Å². The molecule has 0 bridgehead atoms. The smallest absolute Gasteiger partial charge is 0.163 e. The van der Waals surface area contributed by atoms with Gasteiger partial charge >= 0.3 is 0 Å². The van der Waals surface area contributed by atoms with E-state index in [0.717, 1.165) is 12.8 Å². The van der Waals surface area contributed by atoms with Crippen LogP contribution in [0.3, 0.4) is 0 Å². The van der Waals surface area contributed by atoms with E-state index < -0.39 is 5.79 Å². The molecule has 0 aromatic carbocycles. The maximum Gasteiger partial charge on any atom is 0.163 e. The van der Waals surface area contributed by atoms with Gasteiger partial charge in [0.2, 0.25) is 0 Å². The molecule has 0 aromatic heterocycles. The Morgan fingerprint density at radius 1 is 0.926 bits per heavy atom. The third kappa shape index (κ3) is 2.37. The molecule has 27 heavy (non-hydrogen) atoms. The summed E-state index contributed by atoms with van der Waals surface area (Å²) in [5.41, 5.74) is 2.24. The molecular weight excluding hydrogens is 336 g/mol. The van der Waals surface area contributed by atoms with Crippen molar-refractivity contribution < 1.29 is 14.3 Å². The van der Waals surface area contributed by atoms with Crippen LogP contribution in [0.1, 0.15) is 79.6 Å². The first kappa shape index (κ1) is 18.4. The first-order valence-electron chi connectivity index (χ1n) is 11.2. The summed E-state index contributed by atoms with van der Waals surface area (Å²) >= 11 is 0. The van der Waals surface area contributed by atoms with Gasteiger partial charge in [-0.3, -0.25) is 4.79 Å². The second-order valence-electron chi connectivity index (χ2n) is 11.0. The quantitative estimate of drug-likeness (QED) is 0.542. The molecular formula is C24H36O3. The Morgan fingerprint density at radius 3 is 2.41 bits per heavy atom. The van der Waals surface area contributed by atoms with Gasteiger partial charge in [-0.15, -0.1) is 0 Å². The van der Waals surface area contributed by atoms with E-state index in [4.69, 9.17) is 9.47 Å². The molecule has 5 fully saturated rings. The largest absolute Gasteiger partial charge is 0.344 e. The Morgan fingerprint density at radius 2 is 1.67 bits per heavy atom. The SMILES string of the molecule is C/C=C1/CCC2C3C(CC[C@]12C)[C@@]1(C)CCC(=O)CC1[C@H]1OC(C)(C)O[C@H]31. The molecule has 0 spiro atoms. The number of carbonyl (C=O) groups excluding carboxylic acids is 1. The minimum Gasteiger partial charge on any atom is -0.344 e. The zero-order valence-electron chi connectivity index (χ0n) is 17.7. The molecule has 4 unspecified atom stereocenters. The molecule has 4 aliphatic carbocycles. The molecule has 150 valence electrons. The van der Waals surface area contributed by atoms with E-state index in [-0.39, 0.29) is 17.6 Å². The number of fused-ring (bicyclic) bond motifs is 8. The second-order valence-corrected chi connectivity index (χ2v) is 11.0. The molecule has 3 heteroatoms. The highest BCUT2D eigenvalue weighted by atomic mass is 16.8. The number of ketones is 1. The Hall–Kier alpha value is -0.670. The van der Waals surface area contributed by atoms with Gasteiger partial charge in [-0.25, -0.2) is 0 Å². The summed E-state index contributed by atoms with van der Waals surface area (Å²) in [6, 6.07) is 0. The van der Waals surface area contributed by atoms with Gasteiger partial charge < -0.3 is 9.47 Å². The summed E-state index contributed by atoms with van der Waals surface area (Å²) in [5, 5.41) is 0.